The van der Waals surface area contributed by atoms with Crippen molar-refractivity contribution in [2.75, 3.05) is 16.8 Å². The van der Waals surface area contributed by atoms with Gasteiger partial charge in [-0.2, -0.15) is 0 Å². The third kappa shape index (κ3) is 3.48. The van der Waals surface area contributed by atoms with Crippen molar-refractivity contribution in [3.63, 3.8) is 0 Å². The third-order valence-corrected chi connectivity index (χ3v) is 5.23. The molecule has 1 heterocycles. The fourth-order valence-electron chi connectivity index (χ4n) is 2.34. The van der Waals surface area contributed by atoms with Gasteiger partial charge in [-0.1, -0.05) is 26.0 Å². The molecule has 1 N–H and O–H groups in total. The van der Waals surface area contributed by atoms with Crippen molar-refractivity contribution in [3.8, 4) is 0 Å². The molecule has 1 aromatic carbocycles. The highest BCUT2D eigenvalue weighted by molar-refractivity contribution is 7.91. The van der Waals surface area contributed by atoms with Gasteiger partial charge < -0.3 is 5.32 Å². The standard InChI is InChI=1S/C14H21NO2S/c1-11(2)12-5-7-13(8-6-12)15-14-4-3-9-18(16,17)10-14/h5-8,11,14-15H,3-4,9-10H2,1-2H3. The fraction of sp³-hybridized carbons (Fsp3) is 0.571. The summed E-state index contributed by atoms with van der Waals surface area (Å²) in [5, 5.41) is 3.32. The highest BCUT2D eigenvalue weighted by atomic mass is 32.2. The maximum absolute atomic E-state index is 11.6. The second-order valence-electron chi connectivity index (χ2n) is 5.37. The van der Waals surface area contributed by atoms with Gasteiger partial charge in [0, 0.05) is 11.7 Å². The molecule has 4 heteroatoms. The summed E-state index contributed by atoms with van der Waals surface area (Å²) < 4.78 is 23.1. The summed E-state index contributed by atoms with van der Waals surface area (Å²) in [5.74, 6) is 1.13. The Morgan fingerprint density at radius 3 is 2.44 bits per heavy atom. The molecule has 0 spiro atoms. The van der Waals surface area contributed by atoms with Crippen molar-refractivity contribution in [3.05, 3.63) is 29.8 Å². The average Bonchev–Trinajstić information content (AvgIpc) is 2.28. The van der Waals surface area contributed by atoms with Crippen LogP contribution in [0.3, 0.4) is 0 Å². The SMILES string of the molecule is CC(C)c1ccc(NC2CCCS(=O)(=O)C2)cc1. The van der Waals surface area contributed by atoms with E-state index in [1.807, 2.05) is 12.1 Å². The Morgan fingerprint density at radius 1 is 1.22 bits per heavy atom. The molecule has 0 amide bonds. The summed E-state index contributed by atoms with van der Waals surface area (Å²) in [5.41, 5.74) is 2.32. The van der Waals surface area contributed by atoms with E-state index in [-0.39, 0.29) is 11.8 Å². The molecular weight excluding hydrogens is 246 g/mol. The van der Waals surface area contributed by atoms with E-state index in [0.717, 1.165) is 18.5 Å². The highest BCUT2D eigenvalue weighted by Gasteiger charge is 2.24. The minimum atomic E-state index is -2.84. The van der Waals surface area contributed by atoms with E-state index in [0.29, 0.717) is 11.7 Å². The summed E-state index contributed by atoms with van der Waals surface area (Å²) in [7, 11) is -2.84. The molecule has 0 saturated carbocycles. The zero-order valence-corrected chi connectivity index (χ0v) is 11.8. The van der Waals surface area contributed by atoms with Gasteiger partial charge in [0.2, 0.25) is 0 Å². The Morgan fingerprint density at radius 2 is 1.89 bits per heavy atom. The lowest BCUT2D eigenvalue weighted by atomic mass is 10.0. The Labute approximate surface area is 110 Å². The molecule has 2 rings (SSSR count). The number of hydrogen-bond acceptors (Lipinski definition) is 3. The number of sulfone groups is 1. The van der Waals surface area contributed by atoms with Gasteiger partial charge in [-0.25, -0.2) is 8.42 Å². The van der Waals surface area contributed by atoms with Crippen molar-refractivity contribution in [2.45, 2.75) is 38.6 Å². The van der Waals surface area contributed by atoms with Crippen LogP contribution in [-0.4, -0.2) is 26.0 Å². The molecular formula is C14H21NO2S. The van der Waals surface area contributed by atoms with Gasteiger partial charge in [0.25, 0.3) is 0 Å². The van der Waals surface area contributed by atoms with Crippen LogP contribution in [0.2, 0.25) is 0 Å². The van der Waals surface area contributed by atoms with Gasteiger partial charge in [0.1, 0.15) is 0 Å². The number of anilines is 1. The lowest BCUT2D eigenvalue weighted by Gasteiger charge is -2.24. The molecule has 1 unspecified atom stereocenters. The Bertz CT molecular complexity index is 491. The van der Waals surface area contributed by atoms with E-state index in [2.05, 4.69) is 31.3 Å². The van der Waals surface area contributed by atoms with E-state index >= 15 is 0 Å². The Kier molecular flexibility index (Phi) is 3.95. The minimum Gasteiger partial charge on any atom is -0.381 e. The quantitative estimate of drug-likeness (QED) is 0.916. The van der Waals surface area contributed by atoms with Gasteiger partial charge in [-0.3, -0.25) is 0 Å². The van der Waals surface area contributed by atoms with E-state index in [4.69, 9.17) is 0 Å². The molecule has 1 atom stereocenters. The molecule has 100 valence electrons. The summed E-state index contributed by atoms with van der Waals surface area (Å²) in [4.78, 5) is 0. The number of hydrogen-bond donors (Lipinski definition) is 1. The maximum atomic E-state index is 11.6. The van der Waals surface area contributed by atoms with Gasteiger partial charge in [0.15, 0.2) is 9.84 Å². The van der Waals surface area contributed by atoms with Crippen molar-refractivity contribution in [1.82, 2.24) is 0 Å². The van der Waals surface area contributed by atoms with Crippen molar-refractivity contribution >= 4 is 15.5 Å². The van der Waals surface area contributed by atoms with Crippen LogP contribution in [0.15, 0.2) is 24.3 Å². The molecule has 18 heavy (non-hydrogen) atoms. The minimum absolute atomic E-state index is 0.0636. The molecule has 1 aliphatic rings. The maximum Gasteiger partial charge on any atom is 0.152 e. The first-order valence-electron chi connectivity index (χ1n) is 6.53. The van der Waals surface area contributed by atoms with Crippen molar-refractivity contribution in [1.29, 1.82) is 0 Å². The van der Waals surface area contributed by atoms with Crippen LogP contribution < -0.4 is 5.32 Å². The molecule has 3 nitrogen and oxygen atoms in total. The molecule has 0 aliphatic carbocycles. The Balaban J connectivity index is 2.01. The lowest BCUT2D eigenvalue weighted by molar-refractivity contribution is 0.562. The predicted octanol–water partition coefficient (Wildman–Crippen LogP) is 2.80. The highest BCUT2D eigenvalue weighted by Crippen LogP contribution is 2.20. The molecule has 0 aromatic heterocycles. The van der Waals surface area contributed by atoms with E-state index in [1.165, 1.54) is 5.56 Å². The Hall–Kier alpha value is -1.03. The van der Waals surface area contributed by atoms with Crippen LogP contribution >= 0.6 is 0 Å². The average molecular weight is 267 g/mol. The number of nitrogens with one attached hydrogen (secondary N) is 1. The second kappa shape index (κ2) is 5.31. The normalized spacial score (nSPS) is 22.9. The van der Waals surface area contributed by atoms with E-state index in [9.17, 15) is 8.42 Å². The smallest absolute Gasteiger partial charge is 0.152 e. The van der Waals surface area contributed by atoms with Crippen LogP contribution in [0.1, 0.15) is 38.2 Å². The monoisotopic (exact) mass is 267 g/mol. The molecule has 1 saturated heterocycles. The predicted molar refractivity (Wildman–Crippen MR) is 75.8 cm³/mol. The van der Waals surface area contributed by atoms with Crippen LogP contribution in [-0.2, 0) is 9.84 Å². The zero-order valence-electron chi connectivity index (χ0n) is 11.0. The summed E-state index contributed by atoms with van der Waals surface area (Å²) in [6.45, 7) is 4.33. The van der Waals surface area contributed by atoms with Crippen LogP contribution in [0.25, 0.3) is 0 Å². The van der Waals surface area contributed by atoms with E-state index < -0.39 is 9.84 Å². The second-order valence-corrected chi connectivity index (χ2v) is 7.60. The van der Waals surface area contributed by atoms with E-state index in [1.54, 1.807) is 0 Å². The molecule has 0 radical (unpaired) electrons. The topological polar surface area (TPSA) is 46.2 Å². The van der Waals surface area contributed by atoms with Crippen molar-refractivity contribution < 1.29 is 8.42 Å². The summed E-state index contributed by atoms with van der Waals surface area (Å²) in [6.07, 6.45) is 1.70. The lowest BCUT2D eigenvalue weighted by Crippen LogP contribution is -2.34. The molecule has 1 aromatic rings. The van der Waals surface area contributed by atoms with Gasteiger partial charge in [-0.05, 0) is 36.5 Å². The largest absolute Gasteiger partial charge is 0.381 e. The molecule has 1 fully saturated rings. The number of rotatable bonds is 3. The van der Waals surface area contributed by atoms with Crippen molar-refractivity contribution in [2.24, 2.45) is 0 Å². The molecule has 1 aliphatic heterocycles. The number of benzene rings is 1. The van der Waals surface area contributed by atoms with Gasteiger partial charge >= 0.3 is 0 Å². The molecule has 0 bridgehead atoms. The third-order valence-electron chi connectivity index (χ3n) is 3.41. The fourth-order valence-corrected chi connectivity index (χ4v) is 3.97. The van der Waals surface area contributed by atoms with Crippen LogP contribution in [0, 0.1) is 0 Å². The summed E-state index contributed by atoms with van der Waals surface area (Å²) >= 11 is 0. The van der Waals surface area contributed by atoms with Crippen LogP contribution in [0.5, 0.6) is 0 Å². The first-order valence-corrected chi connectivity index (χ1v) is 8.35. The zero-order chi connectivity index (χ0) is 13.2. The first-order chi connectivity index (χ1) is 8.46. The van der Waals surface area contributed by atoms with Crippen LogP contribution in [0.4, 0.5) is 5.69 Å². The van der Waals surface area contributed by atoms with Gasteiger partial charge in [0.05, 0.1) is 11.5 Å². The van der Waals surface area contributed by atoms with Gasteiger partial charge in [-0.15, -0.1) is 0 Å². The summed E-state index contributed by atoms with van der Waals surface area (Å²) in [6, 6.07) is 8.34. The first kappa shape index (κ1) is 13.4.